The van der Waals surface area contributed by atoms with Crippen LogP contribution in [0.2, 0.25) is 0 Å². The molecular weight excluding hydrogens is 322 g/mol. The van der Waals surface area contributed by atoms with Gasteiger partial charge in [0.05, 0.1) is 24.1 Å². The lowest BCUT2D eigenvalue weighted by atomic mass is 9.99. The third-order valence-corrected chi connectivity index (χ3v) is 4.92. The van der Waals surface area contributed by atoms with E-state index >= 15 is 0 Å². The third kappa shape index (κ3) is 3.57. The molecule has 0 radical (unpaired) electrons. The van der Waals surface area contributed by atoms with Crippen molar-refractivity contribution in [2.75, 3.05) is 13.1 Å². The molecule has 1 aromatic heterocycles. The van der Waals surface area contributed by atoms with E-state index in [1.54, 1.807) is 0 Å². The quantitative estimate of drug-likeness (QED) is 0.757. The number of nitrogens with zero attached hydrogens (tertiary/aromatic N) is 2. The van der Waals surface area contributed by atoms with E-state index in [1.165, 1.54) is 16.7 Å². The average molecular weight is 347 g/mol. The van der Waals surface area contributed by atoms with Gasteiger partial charge in [0, 0.05) is 12.2 Å². The molecule has 0 bridgehead atoms. The van der Waals surface area contributed by atoms with Crippen molar-refractivity contribution >= 4 is 0 Å². The molecule has 0 saturated carbocycles. The van der Waals surface area contributed by atoms with E-state index in [9.17, 15) is 0 Å². The van der Waals surface area contributed by atoms with E-state index < -0.39 is 0 Å². The molecule has 134 valence electrons. The number of aromatic nitrogens is 2. The Morgan fingerprint density at radius 1 is 1.12 bits per heavy atom. The summed E-state index contributed by atoms with van der Waals surface area (Å²) in [5, 5.41) is 7.96. The minimum Gasteiger partial charge on any atom is -0.372 e. The Bertz CT molecular complexity index is 894. The zero-order valence-electron chi connectivity index (χ0n) is 15.4. The van der Waals surface area contributed by atoms with Gasteiger partial charge in [0.15, 0.2) is 0 Å². The summed E-state index contributed by atoms with van der Waals surface area (Å²) in [5.74, 6) is 0. The SMILES string of the molecule is Cc1cc(C)n(-c2cccc(-c3ccccc3CO[C@H]3CCNC3)c2)n1. The predicted molar refractivity (Wildman–Crippen MR) is 105 cm³/mol. The monoisotopic (exact) mass is 347 g/mol. The van der Waals surface area contributed by atoms with Crippen molar-refractivity contribution in [2.45, 2.75) is 33.0 Å². The van der Waals surface area contributed by atoms with Crippen LogP contribution in [0, 0.1) is 13.8 Å². The molecule has 3 aromatic rings. The van der Waals surface area contributed by atoms with Gasteiger partial charge in [0.1, 0.15) is 0 Å². The van der Waals surface area contributed by atoms with Crippen molar-refractivity contribution in [1.82, 2.24) is 15.1 Å². The lowest BCUT2D eigenvalue weighted by Crippen LogP contribution is -2.16. The summed E-state index contributed by atoms with van der Waals surface area (Å²) in [6.45, 7) is 6.77. The highest BCUT2D eigenvalue weighted by atomic mass is 16.5. The highest BCUT2D eigenvalue weighted by Crippen LogP contribution is 2.27. The van der Waals surface area contributed by atoms with Crippen LogP contribution < -0.4 is 5.32 Å². The molecule has 0 amide bonds. The number of aryl methyl sites for hydroxylation is 2. The number of rotatable bonds is 5. The minimum absolute atomic E-state index is 0.323. The largest absolute Gasteiger partial charge is 0.372 e. The third-order valence-electron chi connectivity index (χ3n) is 4.92. The Morgan fingerprint density at radius 3 is 2.77 bits per heavy atom. The first-order valence-corrected chi connectivity index (χ1v) is 9.25. The van der Waals surface area contributed by atoms with Gasteiger partial charge in [0.2, 0.25) is 0 Å². The van der Waals surface area contributed by atoms with Gasteiger partial charge >= 0.3 is 0 Å². The maximum atomic E-state index is 6.11. The van der Waals surface area contributed by atoms with Crippen LogP contribution in [0.3, 0.4) is 0 Å². The topological polar surface area (TPSA) is 39.1 Å². The number of nitrogens with one attached hydrogen (secondary N) is 1. The van der Waals surface area contributed by atoms with Crippen LogP contribution in [0.15, 0.2) is 54.6 Å². The summed E-state index contributed by atoms with van der Waals surface area (Å²) in [5.41, 5.74) is 6.91. The van der Waals surface area contributed by atoms with E-state index in [4.69, 9.17) is 4.74 Å². The van der Waals surface area contributed by atoms with Gasteiger partial charge in [-0.15, -0.1) is 0 Å². The lowest BCUT2D eigenvalue weighted by Gasteiger charge is -2.15. The van der Waals surface area contributed by atoms with Crippen LogP contribution in [0.25, 0.3) is 16.8 Å². The van der Waals surface area contributed by atoms with Gasteiger partial charge in [-0.3, -0.25) is 0 Å². The predicted octanol–water partition coefficient (Wildman–Crippen LogP) is 4.03. The molecule has 4 nitrogen and oxygen atoms in total. The Morgan fingerprint density at radius 2 is 2.00 bits per heavy atom. The molecule has 0 unspecified atom stereocenters. The molecule has 1 N–H and O–H groups in total. The Labute approximate surface area is 154 Å². The highest BCUT2D eigenvalue weighted by Gasteiger charge is 2.16. The van der Waals surface area contributed by atoms with Crippen molar-refractivity contribution in [3.8, 4) is 16.8 Å². The molecule has 1 atom stereocenters. The summed E-state index contributed by atoms with van der Waals surface area (Å²) in [4.78, 5) is 0. The van der Waals surface area contributed by atoms with E-state index in [-0.39, 0.29) is 0 Å². The number of ether oxygens (including phenoxy) is 1. The van der Waals surface area contributed by atoms with Crippen molar-refractivity contribution in [2.24, 2.45) is 0 Å². The summed E-state index contributed by atoms with van der Waals surface area (Å²) < 4.78 is 8.11. The van der Waals surface area contributed by atoms with E-state index in [0.29, 0.717) is 12.7 Å². The van der Waals surface area contributed by atoms with E-state index in [0.717, 1.165) is 36.6 Å². The molecule has 1 fully saturated rings. The zero-order valence-corrected chi connectivity index (χ0v) is 15.4. The maximum Gasteiger partial charge on any atom is 0.0727 e. The zero-order chi connectivity index (χ0) is 17.9. The van der Waals surface area contributed by atoms with Crippen molar-refractivity contribution in [3.63, 3.8) is 0 Å². The first-order valence-electron chi connectivity index (χ1n) is 9.25. The smallest absolute Gasteiger partial charge is 0.0727 e. The van der Waals surface area contributed by atoms with Crippen LogP contribution in [0.5, 0.6) is 0 Å². The lowest BCUT2D eigenvalue weighted by molar-refractivity contribution is 0.0545. The average Bonchev–Trinajstić information content (AvgIpc) is 3.29. The second-order valence-corrected chi connectivity index (χ2v) is 6.97. The van der Waals surface area contributed by atoms with Crippen LogP contribution >= 0.6 is 0 Å². The molecule has 2 heterocycles. The van der Waals surface area contributed by atoms with Crippen LogP contribution in [-0.2, 0) is 11.3 Å². The summed E-state index contributed by atoms with van der Waals surface area (Å²) in [7, 11) is 0. The fourth-order valence-corrected chi connectivity index (χ4v) is 3.60. The van der Waals surface area contributed by atoms with Crippen LogP contribution in [0.4, 0.5) is 0 Å². The Balaban J connectivity index is 1.63. The maximum absolute atomic E-state index is 6.11. The standard InChI is InChI=1S/C22H25N3O/c1-16-12-17(2)25(24-16)20-8-5-7-18(13-20)22-9-4-3-6-19(22)15-26-21-10-11-23-14-21/h3-9,12-13,21,23H,10-11,14-15H2,1-2H3/t21-/m0/s1. The summed E-state index contributed by atoms with van der Waals surface area (Å²) in [6, 6.07) is 19.2. The first kappa shape index (κ1) is 17.0. The molecule has 4 rings (SSSR count). The number of hydrogen-bond donors (Lipinski definition) is 1. The van der Waals surface area contributed by atoms with Gasteiger partial charge in [-0.2, -0.15) is 5.10 Å². The Hall–Kier alpha value is -2.43. The van der Waals surface area contributed by atoms with E-state index in [2.05, 4.69) is 71.9 Å². The highest BCUT2D eigenvalue weighted by molar-refractivity contribution is 5.69. The molecule has 1 saturated heterocycles. The summed E-state index contributed by atoms with van der Waals surface area (Å²) in [6.07, 6.45) is 1.42. The first-order chi connectivity index (χ1) is 12.7. The van der Waals surface area contributed by atoms with Gasteiger partial charge in [0.25, 0.3) is 0 Å². The Kier molecular flexibility index (Phi) is 4.87. The normalized spacial score (nSPS) is 16.9. The molecule has 0 aliphatic carbocycles. The second-order valence-electron chi connectivity index (χ2n) is 6.97. The molecule has 1 aliphatic rings. The van der Waals surface area contributed by atoms with Crippen molar-refractivity contribution in [3.05, 3.63) is 71.5 Å². The molecule has 4 heteroatoms. The van der Waals surface area contributed by atoms with Gasteiger partial charge in [-0.25, -0.2) is 4.68 Å². The van der Waals surface area contributed by atoms with Crippen LogP contribution in [-0.4, -0.2) is 29.0 Å². The molecular formula is C22H25N3O. The molecule has 2 aromatic carbocycles. The van der Waals surface area contributed by atoms with Crippen molar-refractivity contribution < 1.29 is 4.74 Å². The molecule has 0 spiro atoms. The van der Waals surface area contributed by atoms with Gasteiger partial charge < -0.3 is 10.1 Å². The molecule has 1 aliphatic heterocycles. The fourth-order valence-electron chi connectivity index (χ4n) is 3.60. The molecule has 26 heavy (non-hydrogen) atoms. The second kappa shape index (κ2) is 7.44. The number of hydrogen-bond acceptors (Lipinski definition) is 3. The van der Waals surface area contributed by atoms with Crippen LogP contribution in [0.1, 0.15) is 23.4 Å². The summed E-state index contributed by atoms with van der Waals surface area (Å²) >= 11 is 0. The minimum atomic E-state index is 0.323. The fraction of sp³-hybridized carbons (Fsp3) is 0.318. The number of benzene rings is 2. The van der Waals surface area contributed by atoms with Gasteiger partial charge in [-0.1, -0.05) is 36.4 Å². The van der Waals surface area contributed by atoms with E-state index in [1.807, 2.05) is 11.6 Å². The van der Waals surface area contributed by atoms with Gasteiger partial charge in [-0.05, 0) is 61.7 Å². The van der Waals surface area contributed by atoms with Crippen molar-refractivity contribution in [1.29, 1.82) is 0 Å².